The molecule has 1 N–H and O–H groups in total. The highest BCUT2D eigenvalue weighted by Crippen LogP contribution is 2.31. The number of benzene rings is 1. The lowest BCUT2D eigenvalue weighted by Gasteiger charge is -2.10. The summed E-state index contributed by atoms with van der Waals surface area (Å²) >= 11 is 1.11. The fourth-order valence-electron chi connectivity index (χ4n) is 2.88. The zero-order chi connectivity index (χ0) is 22.0. The third-order valence-electron chi connectivity index (χ3n) is 4.32. The molecule has 0 unspecified atom stereocenters. The first-order valence-electron chi connectivity index (χ1n) is 8.89. The van der Waals surface area contributed by atoms with Gasteiger partial charge >= 0.3 is 5.63 Å². The van der Waals surface area contributed by atoms with Crippen molar-refractivity contribution in [3.63, 3.8) is 0 Å². The highest BCUT2D eigenvalue weighted by atomic mass is 32.1. The molecule has 0 bridgehead atoms. The van der Waals surface area contributed by atoms with Gasteiger partial charge in [0, 0.05) is 23.0 Å². The van der Waals surface area contributed by atoms with Crippen molar-refractivity contribution >= 4 is 22.4 Å². The van der Waals surface area contributed by atoms with Crippen LogP contribution in [0.25, 0.3) is 16.3 Å². The van der Waals surface area contributed by atoms with Gasteiger partial charge in [0.2, 0.25) is 16.0 Å². The molecule has 0 aliphatic rings. The molecule has 0 fully saturated rings. The van der Waals surface area contributed by atoms with E-state index in [2.05, 4.69) is 26.7 Å². The van der Waals surface area contributed by atoms with E-state index in [1.54, 1.807) is 35.1 Å². The van der Waals surface area contributed by atoms with Crippen LogP contribution in [-0.4, -0.2) is 33.0 Å². The molecule has 3 heterocycles. The van der Waals surface area contributed by atoms with Crippen molar-refractivity contribution in [2.45, 2.75) is 6.92 Å². The zero-order valence-electron chi connectivity index (χ0n) is 16.3. The van der Waals surface area contributed by atoms with Crippen molar-refractivity contribution in [2.75, 3.05) is 12.4 Å². The Kier molecular flexibility index (Phi) is 5.30. The van der Waals surface area contributed by atoms with Gasteiger partial charge in [0.1, 0.15) is 0 Å². The first kappa shape index (κ1) is 20.0. The van der Waals surface area contributed by atoms with Crippen LogP contribution in [0.4, 0.5) is 5.13 Å². The Bertz CT molecular complexity index is 1380. The van der Waals surface area contributed by atoms with Crippen LogP contribution in [0, 0.1) is 18.3 Å². The van der Waals surface area contributed by atoms with Crippen LogP contribution in [0.3, 0.4) is 0 Å². The molecule has 0 saturated carbocycles. The second kappa shape index (κ2) is 8.21. The number of nitrogens with zero attached hydrogens (tertiary/aromatic N) is 5. The number of nitrogens with one attached hydrogen (secondary N) is 1. The average Bonchev–Trinajstić information content (AvgIpc) is 3.41. The third kappa shape index (κ3) is 3.79. The maximum atomic E-state index is 12.7. The second-order valence-electron chi connectivity index (χ2n) is 6.23. The summed E-state index contributed by atoms with van der Waals surface area (Å²) in [4.78, 5) is 25.2. The molecule has 0 saturated heterocycles. The van der Waals surface area contributed by atoms with Gasteiger partial charge < -0.3 is 9.15 Å². The molecule has 10 nitrogen and oxygen atoms in total. The van der Waals surface area contributed by atoms with Gasteiger partial charge in [-0.3, -0.25) is 10.1 Å². The van der Waals surface area contributed by atoms with E-state index in [9.17, 15) is 14.9 Å². The summed E-state index contributed by atoms with van der Waals surface area (Å²) in [7, 11) is 1.31. The van der Waals surface area contributed by atoms with Gasteiger partial charge in [-0.1, -0.05) is 29.5 Å². The van der Waals surface area contributed by atoms with Crippen LogP contribution < -0.4 is 15.7 Å². The number of methoxy groups -OCH3 is 1. The number of rotatable bonds is 5. The van der Waals surface area contributed by atoms with Crippen molar-refractivity contribution in [3.8, 4) is 28.1 Å². The topological polar surface area (TPSA) is 136 Å². The Balaban J connectivity index is 1.69. The molecule has 31 heavy (non-hydrogen) atoms. The van der Waals surface area contributed by atoms with Gasteiger partial charge in [0.25, 0.3) is 5.91 Å². The van der Waals surface area contributed by atoms with Gasteiger partial charge in [0.15, 0.2) is 5.76 Å². The van der Waals surface area contributed by atoms with Crippen molar-refractivity contribution in [3.05, 3.63) is 70.0 Å². The number of carbonyl (C=O) groups excluding carboxylic acids is 1. The van der Waals surface area contributed by atoms with Crippen LogP contribution in [0.2, 0.25) is 0 Å². The van der Waals surface area contributed by atoms with E-state index in [0.29, 0.717) is 16.3 Å². The first-order chi connectivity index (χ1) is 15.0. The molecule has 0 spiro atoms. The van der Waals surface area contributed by atoms with E-state index in [-0.39, 0.29) is 22.2 Å². The Hall–Kier alpha value is -4.30. The van der Waals surface area contributed by atoms with Crippen LogP contribution in [0.15, 0.2) is 51.8 Å². The highest BCUT2D eigenvalue weighted by Gasteiger charge is 2.21. The maximum Gasteiger partial charge on any atom is 0.379 e. The lowest BCUT2D eigenvalue weighted by molar-refractivity contribution is 0.0991. The number of amides is 1. The average molecular weight is 434 g/mol. The number of hydrogen-bond donors (Lipinski definition) is 1. The lowest BCUT2D eigenvalue weighted by Crippen LogP contribution is -2.16. The summed E-state index contributed by atoms with van der Waals surface area (Å²) in [6.45, 7) is 1.86. The number of hydrogen-bond acceptors (Lipinski definition) is 9. The van der Waals surface area contributed by atoms with E-state index < -0.39 is 11.5 Å². The molecule has 11 heteroatoms. The monoisotopic (exact) mass is 434 g/mol. The molecule has 0 radical (unpaired) electrons. The smallest absolute Gasteiger partial charge is 0.379 e. The number of aromatic nitrogens is 4. The normalized spacial score (nSPS) is 10.5. The summed E-state index contributed by atoms with van der Waals surface area (Å²) in [5.41, 5.74) is 1.04. The SMILES string of the molecule is COc1c(-c2ccccc2C#N)cc(C(=O)Nc2nnc(-n3nccc3C)s2)oc1=O. The Morgan fingerprint density at radius 2 is 2.06 bits per heavy atom. The third-order valence-corrected chi connectivity index (χ3v) is 5.14. The molecular formula is C20H14N6O4S. The standard InChI is InChI=1S/C20H14N6O4S/c1-11-7-8-22-26(11)20-25-24-19(31-20)23-17(27)15-9-14(16(29-2)18(28)30-15)13-6-4-3-5-12(13)10-21/h3-9H,1-2H3,(H,23,24,27). The molecule has 4 aromatic rings. The van der Waals surface area contributed by atoms with Gasteiger partial charge in [-0.25, -0.2) is 9.48 Å². The van der Waals surface area contributed by atoms with Gasteiger partial charge in [-0.05, 0) is 25.1 Å². The number of carbonyl (C=O) groups is 1. The zero-order valence-corrected chi connectivity index (χ0v) is 17.1. The quantitative estimate of drug-likeness (QED) is 0.506. The minimum absolute atomic E-state index is 0.105. The number of aryl methyl sites for hydroxylation is 1. The second-order valence-corrected chi connectivity index (χ2v) is 7.19. The fourth-order valence-corrected chi connectivity index (χ4v) is 3.64. The van der Waals surface area contributed by atoms with E-state index in [1.165, 1.54) is 13.2 Å². The summed E-state index contributed by atoms with van der Waals surface area (Å²) in [5.74, 6) is -1.07. The molecule has 0 aliphatic carbocycles. The number of nitriles is 1. The predicted molar refractivity (Wildman–Crippen MR) is 111 cm³/mol. The largest absolute Gasteiger partial charge is 0.489 e. The van der Waals surface area contributed by atoms with Crippen molar-refractivity contribution in [1.29, 1.82) is 5.26 Å². The molecule has 4 rings (SSSR count). The summed E-state index contributed by atoms with van der Waals surface area (Å²) in [6.07, 6.45) is 1.63. The van der Waals surface area contributed by atoms with Crippen LogP contribution in [0.5, 0.6) is 5.75 Å². The van der Waals surface area contributed by atoms with Crippen molar-refractivity contribution in [2.24, 2.45) is 0 Å². The number of ether oxygens (including phenoxy) is 1. The maximum absolute atomic E-state index is 12.7. The van der Waals surface area contributed by atoms with Crippen molar-refractivity contribution in [1.82, 2.24) is 20.0 Å². The molecule has 0 atom stereocenters. The van der Waals surface area contributed by atoms with E-state index in [4.69, 9.17) is 9.15 Å². The first-order valence-corrected chi connectivity index (χ1v) is 9.71. The van der Waals surface area contributed by atoms with Gasteiger partial charge in [-0.15, -0.1) is 10.2 Å². The minimum Gasteiger partial charge on any atom is -0.489 e. The van der Waals surface area contributed by atoms with Gasteiger partial charge in [-0.2, -0.15) is 10.4 Å². The Labute approximate surface area is 179 Å². The van der Waals surface area contributed by atoms with E-state index in [1.807, 2.05) is 13.0 Å². The fraction of sp³-hybridized carbons (Fsp3) is 0.100. The van der Waals surface area contributed by atoms with Crippen molar-refractivity contribution < 1.29 is 13.9 Å². The molecule has 154 valence electrons. The van der Waals surface area contributed by atoms with E-state index >= 15 is 0 Å². The minimum atomic E-state index is -0.844. The molecular weight excluding hydrogens is 420 g/mol. The van der Waals surface area contributed by atoms with Gasteiger partial charge in [0.05, 0.1) is 18.7 Å². The van der Waals surface area contributed by atoms with Crippen LogP contribution in [0.1, 0.15) is 21.8 Å². The van der Waals surface area contributed by atoms with Crippen LogP contribution in [-0.2, 0) is 0 Å². The summed E-state index contributed by atoms with van der Waals surface area (Å²) in [6, 6.07) is 11.9. The van der Waals surface area contributed by atoms with E-state index in [0.717, 1.165) is 17.0 Å². The molecule has 1 aromatic carbocycles. The number of anilines is 1. The Morgan fingerprint density at radius 1 is 1.26 bits per heavy atom. The van der Waals surface area contributed by atoms with Crippen LogP contribution >= 0.6 is 11.3 Å². The molecule has 3 aromatic heterocycles. The Morgan fingerprint density at radius 3 is 2.77 bits per heavy atom. The molecule has 1 amide bonds. The molecule has 0 aliphatic heterocycles. The summed E-state index contributed by atoms with van der Waals surface area (Å²) < 4.78 is 11.9. The predicted octanol–water partition coefficient (Wildman–Crippen LogP) is 2.79. The lowest BCUT2D eigenvalue weighted by atomic mass is 10.00. The summed E-state index contributed by atoms with van der Waals surface area (Å²) in [5, 5.41) is 24.7. The highest BCUT2D eigenvalue weighted by molar-refractivity contribution is 7.17.